The van der Waals surface area contributed by atoms with E-state index in [0.717, 1.165) is 31.2 Å². The fourth-order valence-corrected chi connectivity index (χ4v) is 3.54. The molecule has 0 radical (unpaired) electrons. The SMILES string of the molecule is CO[Si](C)(C)OCCCCCCOC(=O)c1ccc(C(=O)C=Cc2ccccc2)cc1. The molecule has 0 unspecified atom stereocenters. The van der Waals surface area contributed by atoms with Crippen LogP contribution in [0.25, 0.3) is 6.08 Å². The van der Waals surface area contributed by atoms with Crippen LogP contribution in [0.4, 0.5) is 0 Å². The molecule has 0 saturated heterocycles. The molecule has 0 aliphatic heterocycles. The van der Waals surface area contributed by atoms with Gasteiger partial charge in [0.05, 0.1) is 12.2 Å². The first kappa shape index (κ1) is 24.7. The lowest BCUT2D eigenvalue weighted by molar-refractivity contribution is 0.0497. The average molecular weight is 441 g/mol. The highest BCUT2D eigenvalue weighted by atomic mass is 28.4. The number of allylic oxidation sites excluding steroid dienone is 1. The van der Waals surface area contributed by atoms with E-state index in [-0.39, 0.29) is 11.8 Å². The summed E-state index contributed by atoms with van der Waals surface area (Å²) in [5, 5.41) is 0. The fourth-order valence-electron chi connectivity index (χ4n) is 2.79. The Morgan fingerprint density at radius 3 is 2.10 bits per heavy atom. The summed E-state index contributed by atoms with van der Waals surface area (Å²) in [5.41, 5.74) is 1.94. The summed E-state index contributed by atoms with van der Waals surface area (Å²) >= 11 is 0. The van der Waals surface area contributed by atoms with Crippen LogP contribution in [0.2, 0.25) is 13.1 Å². The number of ether oxygens (including phenoxy) is 1. The Balaban J connectivity index is 1.66. The van der Waals surface area contributed by atoms with Crippen molar-refractivity contribution in [2.45, 2.75) is 38.8 Å². The van der Waals surface area contributed by atoms with Gasteiger partial charge in [0.25, 0.3) is 0 Å². The molecular formula is C25H32O5Si. The zero-order valence-corrected chi connectivity index (χ0v) is 19.6. The first-order valence-electron chi connectivity index (χ1n) is 10.6. The molecule has 5 nitrogen and oxygen atoms in total. The summed E-state index contributed by atoms with van der Waals surface area (Å²) < 4.78 is 16.4. The lowest BCUT2D eigenvalue weighted by atomic mass is 10.1. The standard InChI is InChI=1S/C25H32O5Si/c1-28-31(2,3)30-20-10-5-4-9-19-29-25(27)23-16-14-22(15-17-23)24(26)18-13-21-11-7-6-8-12-21/h6-8,11-18H,4-5,9-10,19-20H2,1-3H3. The van der Waals surface area contributed by atoms with Gasteiger partial charge in [-0.1, -0.05) is 55.0 Å². The summed E-state index contributed by atoms with van der Waals surface area (Å²) in [7, 11) is -0.241. The van der Waals surface area contributed by atoms with E-state index >= 15 is 0 Å². The molecule has 0 spiro atoms. The summed E-state index contributed by atoms with van der Waals surface area (Å²) in [6, 6.07) is 16.2. The van der Waals surface area contributed by atoms with Crippen molar-refractivity contribution in [3.63, 3.8) is 0 Å². The van der Waals surface area contributed by atoms with Crippen molar-refractivity contribution in [3.05, 3.63) is 77.4 Å². The second-order valence-electron chi connectivity index (χ2n) is 7.69. The van der Waals surface area contributed by atoms with Crippen molar-refractivity contribution < 1.29 is 23.2 Å². The zero-order chi connectivity index (χ0) is 22.5. The van der Waals surface area contributed by atoms with E-state index in [2.05, 4.69) is 0 Å². The first-order chi connectivity index (χ1) is 14.9. The minimum atomic E-state index is -1.93. The number of esters is 1. The quantitative estimate of drug-likeness (QED) is 0.132. The van der Waals surface area contributed by atoms with Gasteiger partial charge < -0.3 is 13.6 Å². The third-order valence-electron chi connectivity index (χ3n) is 4.84. The topological polar surface area (TPSA) is 61.8 Å². The molecule has 0 saturated carbocycles. The Morgan fingerprint density at radius 1 is 0.839 bits per heavy atom. The van der Waals surface area contributed by atoms with E-state index in [0.29, 0.717) is 24.3 Å². The van der Waals surface area contributed by atoms with Crippen molar-refractivity contribution in [1.29, 1.82) is 0 Å². The van der Waals surface area contributed by atoms with Gasteiger partial charge >= 0.3 is 14.5 Å². The molecule has 2 rings (SSSR count). The van der Waals surface area contributed by atoms with Crippen LogP contribution in [0.3, 0.4) is 0 Å². The monoisotopic (exact) mass is 440 g/mol. The van der Waals surface area contributed by atoms with E-state index < -0.39 is 8.56 Å². The fraction of sp³-hybridized carbons (Fsp3) is 0.360. The molecule has 0 heterocycles. The molecule has 31 heavy (non-hydrogen) atoms. The third-order valence-corrected chi connectivity index (χ3v) is 6.73. The number of rotatable bonds is 13. The van der Waals surface area contributed by atoms with Crippen LogP contribution < -0.4 is 0 Å². The lowest BCUT2D eigenvalue weighted by Gasteiger charge is -2.19. The molecule has 6 heteroatoms. The Kier molecular flexibility index (Phi) is 10.4. The Bertz CT molecular complexity index is 844. The first-order valence-corrected chi connectivity index (χ1v) is 13.5. The van der Waals surface area contributed by atoms with Crippen LogP contribution in [-0.4, -0.2) is 40.6 Å². The van der Waals surface area contributed by atoms with Crippen LogP contribution in [0.5, 0.6) is 0 Å². The Hall–Kier alpha value is -2.54. The van der Waals surface area contributed by atoms with Crippen LogP contribution in [-0.2, 0) is 13.6 Å². The van der Waals surface area contributed by atoms with Gasteiger partial charge in [-0.15, -0.1) is 0 Å². The average Bonchev–Trinajstić information content (AvgIpc) is 2.79. The maximum atomic E-state index is 12.3. The Morgan fingerprint density at radius 2 is 1.45 bits per heavy atom. The van der Waals surface area contributed by atoms with Gasteiger partial charge in [0.1, 0.15) is 0 Å². The largest absolute Gasteiger partial charge is 0.462 e. The number of unbranched alkanes of at least 4 members (excludes halogenated alkanes) is 3. The number of carbonyl (C=O) groups is 2. The van der Waals surface area contributed by atoms with Gasteiger partial charge in [-0.05, 0) is 56.1 Å². The molecule has 2 aromatic carbocycles. The van der Waals surface area contributed by atoms with Crippen molar-refractivity contribution in [2.75, 3.05) is 20.3 Å². The highest BCUT2D eigenvalue weighted by Crippen LogP contribution is 2.11. The van der Waals surface area contributed by atoms with Gasteiger partial charge in [-0.2, -0.15) is 0 Å². The molecule has 0 fully saturated rings. The Labute approximate surface area is 186 Å². The molecule has 0 atom stereocenters. The van der Waals surface area contributed by atoms with E-state index in [9.17, 15) is 9.59 Å². The molecular weight excluding hydrogens is 408 g/mol. The molecule has 0 N–H and O–H groups in total. The minimum absolute atomic E-state index is 0.107. The van der Waals surface area contributed by atoms with Crippen LogP contribution in [0.1, 0.15) is 52.0 Å². The number of carbonyl (C=O) groups excluding carboxylic acids is 2. The van der Waals surface area contributed by atoms with Gasteiger partial charge in [-0.3, -0.25) is 4.79 Å². The molecule has 0 aromatic heterocycles. The number of hydrogen-bond acceptors (Lipinski definition) is 5. The maximum Gasteiger partial charge on any atom is 0.338 e. The maximum absolute atomic E-state index is 12.3. The van der Waals surface area contributed by atoms with Crippen molar-refractivity contribution in [3.8, 4) is 0 Å². The van der Waals surface area contributed by atoms with Gasteiger partial charge in [0.15, 0.2) is 5.78 Å². The molecule has 0 aliphatic carbocycles. The molecule has 0 aliphatic rings. The van der Waals surface area contributed by atoms with Gasteiger partial charge in [-0.25, -0.2) is 4.79 Å². The van der Waals surface area contributed by atoms with E-state index in [4.69, 9.17) is 13.6 Å². The van der Waals surface area contributed by atoms with E-state index in [1.165, 1.54) is 6.08 Å². The minimum Gasteiger partial charge on any atom is -0.462 e. The second kappa shape index (κ2) is 13.0. The number of hydrogen-bond donors (Lipinski definition) is 0. The van der Waals surface area contributed by atoms with Crippen LogP contribution in [0, 0.1) is 0 Å². The zero-order valence-electron chi connectivity index (χ0n) is 18.6. The summed E-state index contributed by atoms with van der Waals surface area (Å²) in [4.78, 5) is 24.4. The molecule has 2 aromatic rings. The summed E-state index contributed by atoms with van der Waals surface area (Å²) in [5.74, 6) is -0.473. The second-order valence-corrected chi connectivity index (χ2v) is 11.2. The van der Waals surface area contributed by atoms with Crippen molar-refractivity contribution in [1.82, 2.24) is 0 Å². The normalized spacial score (nSPS) is 11.6. The third kappa shape index (κ3) is 9.42. The smallest absolute Gasteiger partial charge is 0.338 e. The van der Waals surface area contributed by atoms with Gasteiger partial charge in [0, 0.05) is 19.3 Å². The lowest BCUT2D eigenvalue weighted by Crippen LogP contribution is -2.33. The summed E-state index contributed by atoms with van der Waals surface area (Å²) in [6.45, 7) is 5.14. The number of ketones is 1. The van der Waals surface area contributed by atoms with Gasteiger partial charge in [0.2, 0.25) is 0 Å². The molecule has 166 valence electrons. The van der Waals surface area contributed by atoms with E-state index in [1.807, 2.05) is 43.4 Å². The molecule has 0 amide bonds. The predicted octanol–water partition coefficient (Wildman–Crippen LogP) is 5.66. The highest BCUT2D eigenvalue weighted by Gasteiger charge is 2.21. The van der Waals surface area contributed by atoms with Crippen molar-refractivity contribution in [2.24, 2.45) is 0 Å². The molecule has 0 bridgehead atoms. The highest BCUT2D eigenvalue weighted by molar-refractivity contribution is 6.64. The van der Waals surface area contributed by atoms with Crippen molar-refractivity contribution >= 4 is 26.4 Å². The van der Waals surface area contributed by atoms with E-state index in [1.54, 1.807) is 37.5 Å². The van der Waals surface area contributed by atoms with Crippen LogP contribution >= 0.6 is 0 Å². The summed E-state index contributed by atoms with van der Waals surface area (Å²) in [6.07, 6.45) is 7.11. The number of benzene rings is 2. The predicted molar refractivity (Wildman–Crippen MR) is 125 cm³/mol. The van der Waals surface area contributed by atoms with Crippen LogP contribution in [0.15, 0.2) is 60.7 Å².